The van der Waals surface area contributed by atoms with Crippen LogP contribution in [0.3, 0.4) is 0 Å². The number of rotatable bonds is 8. The molecule has 0 aromatic heterocycles. The molecule has 0 aliphatic carbocycles. The topological polar surface area (TPSA) is 136 Å². The number of carboxylic acid groups (broad SMARTS) is 1. The van der Waals surface area contributed by atoms with E-state index in [0.29, 0.717) is 5.56 Å². The highest BCUT2D eigenvalue weighted by atomic mass is 16.6. The van der Waals surface area contributed by atoms with Gasteiger partial charge in [0.15, 0.2) is 0 Å². The van der Waals surface area contributed by atoms with Crippen molar-refractivity contribution in [3.05, 3.63) is 39.9 Å². The summed E-state index contributed by atoms with van der Waals surface area (Å²) in [5.74, 6) is -1.64. The van der Waals surface area contributed by atoms with E-state index < -0.39 is 22.8 Å². The fraction of sp³-hybridized carbons (Fsp3) is 0.333. The number of nitrogens with two attached hydrogens (primary N) is 1. The number of carbonyl (C=O) groups excluding carboxylic acids is 1. The summed E-state index contributed by atoms with van der Waals surface area (Å²) in [5, 5.41) is 22.2. The normalized spacial score (nSPS) is 11.8. The fourth-order valence-corrected chi connectivity index (χ4v) is 1.58. The maximum absolute atomic E-state index is 11.0. The molecule has 1 aromatic rings. The van der Waals surface area contributed by atoms with E-state index in [1.54, 1.807) is 0 Å². The van der Waals surface area contributed by atoms with Gasteiger partial charge in [-0.05, 0) is 12.0 Å². The van der Waals surface area contributed by atoms with Crippen LogP contribution in [0.25, 0.3) is 0 Å². The highest BCUT2D eigenvalue weighted by Crippen LogP contribution is 2.12. The van der Waals surface area contributed by atoms with E-state index in [-0.39, 0.29) is 25.1 Å². The van der Waals surface area contributed by atoms with Gasteiger partial charge in [0.2, 0.25) is 5.91 Å². The van der Waals surface area contributed by atoms with Crippen molar-refractivity contribution in [3.8, 4) is 0 Å². The van der Waals surface area contributed by atoms with Crippen molar-refractivity contribution in [2.75, 3.05) is 0 Å². The second-order valence-corrected chi connectivity index (χ2v) is 4.20. The van der Waals surface area contributed by atoms with E-state index >= 15 is 0 Å². The lowest BCUT2D eigenvalue weighted by Crippen LogP contribution is -2.37. The van der Waals surface area contributed by atoms with Crippen molar-refractivity contribution < 1.29 is 19.6 Å². The van der Waals surface area contributed by atoms with Gasteiger partial charge in [-0.15, -0.1) is 0 Å². The zero-order valence-electron chi connectivity index (χ0n) is 10.6. The number of hydrogen-bond acceptors (Lipinski definition) is 5. The van der Waals surface area contributed by atoms with Gasteiger partial charge in [0, 0.05) is 25.1 Å². The summed E-state index contributed by atoms with van der Waals surface area (Å²) in [6.07, 6.45) is 0.0713. The van der Waals surface area contributed by atoms with Crippen molar-refractivity contribution in [1.29, 1.82) is 0 Å². The predicted molar refractivity (Wildman–Crippen MR) is 69.8 cm³/mol. The number of nitrogens with zero attached hydrogens (tertiary/aromatic N) is 1. The molecule has 0 spiro atoms. The zero-order chi connectivity index (χ0) is 15.1. The smallest absolute Gasteiger partial charge is 0.320 e. The molecule has 1 rings (SSSR count). The van der Waals surface area contributed by atoms with E-state index in [1.165, 1.54) is 24.3 Å². The Morgan fingerprint density at radius 2 is 1.95 bits per heavy atom. The number of carboxylic acids is 1. The average molecular weight is 281 g/mol. The van der Waals surface area contributed by atoms with Gasteiger partial charge in [-0.1, -0.05) is 12.1 Å². The third kappa shape index (κ3) is 5.02. The van der Waals surface area contributed by atoms with Crippen LogP contribution in [0.2, 0.25) is 0 Å². The molecule has 108 valence electrons. The Morgan fingerprint density at radius 3 is 2.40 bits per heavy atom. The van der Waals surface area contributed by atoms with Crippen molar-refractivity contribution in [1.82, 2.24) is 5.32 Å². The van der Waals surface area contributed by atoms with Crippen molar-refractivity contribution in [2.24, 2.45) is 5.73 Å². The number of primary amides is 1. The lowest BCUT2D eigenvalue weighted by molar-refractivity contribution is -0.384. The maximum atomic E-state index is 11.0. The standard InChI is InChI=1S/C12H15N3O5/c13-11(16)6-5-10(12(17)18)14-7-8-1-3-9(4-2-8)15(19)20/h1-4,10,14H,5-7H2,(H2,13,16)(H,17,18)/t10-/m0/s1. The average Bonchev–Trinajstić information content (AvgIpc) is 2.38. The number of hydrogen-bond donors (Lipinski definition) is 3. The molecule has 1 atom stereocenters. The monoisotopic (exact) mass is 281 g/mol. The largest absolute Gasteiger partial charge is 0.480 e. The number of nitro benzene ring substituents is 1. The van der Waals surface area contributed by atoms with Gasteiger partial charge < -0.3 is 16.2 Å². The van der Waals surface area contributed by atoms with Gasteiger partial charge in [0.25, 0.3) is 5.69 Å². The van der Waals surface area contributed by atoms with E-state index in [4.69, 9.17) is 10.8 Å². The van der Waals surface area contributed by atoms with Gasteiger partial charge in [-0.2, -0.15) is 0 Å². The third-order valence-electron chi connectivity index (χ3n) is 2.68. The zero-order valence-corrected chi connectivity index (χ0v) is 10.6. The molecule has 0 aliphatic rings. The molecule has 0 saturated heterocycles. The van der Waals surface area contributed by atoms with E-state index in [9.17, 15) is 19.7 Å². The second kappa shape index (κ2) is 7.19. The molecule has 0 bridgehead atoms. The van der Waals surface area contributed by atoms with Crippen LogP contribution in [-0.2, 0) is 16.1 Å². The van der Waals surface area contributed by atoms with Crippen LogP contribution in [0.4, 0.5) is 5.69 Å². The molecular weight excluding hydrogens is 266 g/mol. The van der Waals surface area contributed by atoms with E-state index in [2.05, 4.69) is 5.32 Å². The summed E-state index contributed by atoms with van der Waals surface area (Å²) in [6.45, 7) is 0.230. The predicted octanol–water partition coefficient (Wildman–Crippen LogP) is 0.403. The van der Waals surface area contributed by atoms with Gasteiger partial charge in [-0.3, -0.25) is 19.7 Å². The summed E-state index contributed by atoms with van der Waals surface area (Å²) >= 11 is 0. The minimum Gasteiger partial charge on any atom is -0.480 e. The molecule has 0 radical (unpaired) electrons. The molecule has 8 heteroatoms. The number of non-ortho nitro benzene ring substituents is 1. The first-order chi connectivity index (χ1) is 9.40. The number of carbonyl (C=O) groups is 2. The van der Waals surface area contributed by atoms with Crippen molar-refractivity contribution in [3.63, 3.8) is 0 Å². The Kier molecular flexibility index (Phi) is 5.60. The summed E-state index contributed by atoms with van der Waals surface area (Å²) < 4.78 is 0. The number of benzene rings is 1. The number of amides is 1. The summed E-state index contributed by atoms with van der Waals surface area (Å²) in [7, 11) is 0. The molecule has 0 heterocycles. The first-order valence-corrected chi connectivity index (χ1v) is 5.88. The van der Waals surface area contributed by atoms with E-state index in [1.807, 2.05) is 0 Å². The highest BCUT2D eigenvalue weighted by molar-refractivity contribution is 5.77. The number of nitrogens with one attached hydrogen (secondary N) is 1. The number of aliphatic carboxylic acids is 1. The Labute approximate surface area is 114 Å². The molecule has 0 aliphatic heterocycles. The van der Waals surface area contributed by atoms with Crippen LogP contribution >= 0.6 is 0 Å². The van der Waals surface area contributed by atoms with Crippen LogP contribution in [0.15, 0.2) is 24.3 Å². The minimum atomic E-state index is -1.08. The first-order valence-electron chi connectivity index (χ1n) is 5.88. The van der Waals surface area contributed by atoms with Crippen LogP contribution in [0, 0.1) is 10.1 Å². The second-order valence-electron chi connectivity index (χ2n) is 4.20. The first kappa shape index (κ1) is 15.6. The Balaban J connectivity index is 2.56. The summed E-state index contributed by atoms with van der Waals surface area (Å²) in [6, 6.07) is 4.88. The van der Waals surface area contributed by atoms with Crippen LogP contribution in [0.1, 0.15) is 18.4 Å². The van der Waals surface area contributed by atoms with E-state index in [0.717, 1.165) is 0 Å². The third-order valence-corrected chi connectivity index (χ3v) is 2.68. The molecular formula is C12H15N3O5. The molecule has 8 nitrogen and oxygen atoms in total. The Hall–Kier alpha value is -2.48. The lowest BCUT2D eigenvalue weighted by Gasteiger charge is -2.13. The van der Waals surface area contributed by atoms with Crippen molar-refractivity contribution in [2.45, 2.75) is 25.4 Å². The van der Waals surface area contributed by atoms with Crippen LogP contribution < -0.4 is 11.1 Å². The summed E-state index contributed by atoms with van der Waals surface area (Å²) in [4.78, 5) is 31.6. The van der Waals surface area contributed by atoms with Gasteiger partial charge in [0.05, 0.1) is 4.92 Å². The highest BCUT2D eigenvalue weighted by Gasteiger charge is 2.17. The summed E-state index contributed by atoms with van der Waals surface area (Å²) in [5.41, 5.74) is 5.65. The van der Waals surface area contributed by atoms with Crippen LogP contribution in [0.5, 0.6) is 0 Å². The van der Waals surface area contributed by atoms with Crippen molar-refractivity contribution >= 4 is 17.6 Å². The SMILES string of the molecule is NC(=O)CC[C@H](NCc1ccc([N+](=O)[O-])cc1)C(=O)O. The van der Waals surface area contributed by atoms with Crippen LogP contribution in [-0.4, -0.2) is 27.9 Å². The quantitative estimate of drug-likeness (QED) is 0.466. The molecule has 1 aromatic carbocycles. The molecule has 1 amide bonds. The Bertz CT molecular complexity index is 500. The van der Waals surface area contributed by atoms with Gasteiger partial charge in [-0.25, -0.2) is 0 Å². The maximum Gasteiger partial charge on any atom is 0.320 e. The number of nitro groups is 1. The molecule has 0 unspecified atom stereocenters. The molecule has 0 saturated carbocycles. The Morgan fingerprint density at radius 1 is 1.35 bits per heavy atom. The minimum absolute atomic E-state index is 0.0236. The molecule has 20 heavy (non-hydrogen) atoms. The fourth-order valence-electron chi connectivity index (χ4n) is 1.58. The lowest BCUT2D eigenvalue weighted by atomic mass is 10.1. The molecule has 4 N–H and O–H groups in total. The van der Waals surface area contributed by atoms with Gasteiger partial charge in [0.1, 0.15) is 6.04 Å². The van der Waals surface area contributed by atoms with Gasteiger partial charge >= 0.3 is 5.97 Å². The molecule has 0 fully saturated rings.